The second-order valence-corrected chi connectivity index (χ2v) is 8.59. The van der Waals surface area contributed by atoms with Crippen LogP contribution in [0.3, 0.4) is 0 Å². The number of phenols is 1. The van der Waals surface area contributed by atoms with Crippen LogP contribution in [-0.2, 0) is 4.79 Å². The molecule has 1 fully saturated rings. The Morgan fingerprint density at radius 1 is 1.06 bits per heavy atom. The topological polar surface area (TPSA) is 70.9 Å². The molecule has 1 aliphatic rings. The normalized spacial score (nSPS) is 17.8. The molecule has 5 heteroatoms. The lowest BCUT2D eigenvalue weighted by molar-refractivity contribution is -0.122. The van der Waals surface area contributed by atoms with Crippen LogP contribution in [-0.4, -0.2) is 23.3 Å². The number of carbonyl (C=O) groups excluding carboxylic acids is 1. The van der Waals surface area contributed by atoms with Crippen LogP contribution in [0.15, 0.2) is 53.6 Å². The van der Waals surface area contributed by atoms with Gasteiger partial charge in [0.05, 0.1) is 12.3 Å². The molecule has 1 amide bonds. The average Bonchev–Trinajstić information content (AvgIpc) is 3.61. The number of carbonyl (C=O) groups is 1. The molecule has 0 radical (unpaired) electrons. The van der Waals surface area contributed by atoms with E-state index in [9.17, 15) is 9.90 Å². The number of aromatic hydroxyl groups is 1. The van der Waals surface area contributed by atoms with E-state index in [0.717, 1.165) is 25.7 Å². The first-order chi connectivity index (χ1) is 15.6. The number of hydrogen-bond donors (Lipinski definition) is 2. The Morgan fingerprint density at radius 2 is 1.84 bits per heavy atom. The lowest BCUT2D eigenvalue weighted by Gasteiger charge is -2.11. The minimum atomic E-state index is -0.0602. The van der Waals surface area contributed by atoms with Crippen molar-refractivity contribution in [2.75, 3.05) is 6.61 Å². The minimum Gasteiger partial charge on any atom is -0.507 e. The molecule has 1 saturated carbocycles. The predicted molar refractivity (Wildman–Crippen MR) is 129 cm³/mol. The zero-order valence-electron chi connectivity index (χ0n) is 19.3. The highest BCUT2D eigenvalue weighted by Crippen LogP contribution is 2.47. The van der Waals surface area contributed by atoms with Crippen molar-refractivity contribution in [2.24, 2.45) is 11.0 Å². The van der Waals surface area contributed by atoms with Crippen LogP contribution in [0.5, 0.6) is 11.5 Å². The summed E-state index contributed by atoms with van der Waals surface area (Å²) in [6.45, 7) is 4.91. The summed E-state index contributed by atoms with van der Waals surface area (Å²) in [5, 5.41) is 14.9. The molecule has 0 spiro atoms. The number of rotatable bonds is 13. The molecule has 0 aromatic heterocycles. The van der Waals surface area contributed by atoms with Gasteiger partial charge >= 0.3 is 0 Å². The third-order valence-electron chi connectivity index (χ3n) is 5.94. The fraction of sp³-hybridized carbons (Fsp3) is 0.481. The molecule has 0 saturated heterocycles. The summed E-state index contributed by atoms with van der Waals surface area (Å²) in [5.41, 5.74) is 5.25. The molecular formula is C27H36N2O3. The second-order valence-electron chi connectivity index (χ2n) is 8.59. The molecule has 3 rings (SSSR count). The van der Waals surface area contributed by atoms with Crippen LogP contribution < -0.4 is 10.2 Å². The highest BCUT2D eigenvalue weighted by molar-refractivity contribution is 6.03. The summed E-state index contributed by atoms with van der Waals surface area (Å²) in [6.07, 6.45) is 8.29. The number of nitrogens with one attached hydrogen (secondary N) is 1. The largest absolute Gasteiger partial charge is 0.507 e. The maximum atomic E-state index is 12.6. The van der Waals surface area contributed by atoms with Crippen molar-refractivity contribution >= 4 is 11.6 Å². The molecule has 0 heterocycles. The van der Waals surface area contributed by atoms with Crippen molar-refractivity contribution in [1.29, 1.82) is 0 Å². The van der Waals surface area contributed by atoms with E-state index in [2.05, 4.69) is 36.5 Å². The Morgan fingerprint density at radius 3 is 2.56 bits per heavy atom. The smallest absolute Gasteiger partial charge is 0.243 e. The van der Waals surface area contributed by atoms with Crippen molar-refractivity contribution in [3.05, 3.63) is 59.7 Å². The first kappa shape index (κ1) is 23.8. The van der Waals surface area contributed by atoms with Gasteiger partial charge in [0.15, 0.2) is 0 Å². The van der Waals surface area contributed by atoms with E-state index in [1.54, 1.807) is 6.07 Å². The van der Waals surface area contributed by atoms with E-state index in [4.69, 9.17) is 4.74 Å². The van der Waals surface area contributed by atoms with Crippen molar-refractivity contribution in [1.82, 2.24) is 5.43 Å². The van der Waals surface area contributed by atoms with E-state index in [-0.39, 0.29) is 23.5 Å². The molecule has 172 valence electrons. The summed E-state index contributed by atoms with van der Waals surface area (Å²) in [4.78, 5) is 12.6. The number of ether oxygens (including phenoxy) is 1. The number of unbranched alkanes of at least 4 members (excludes halogenated alkanes) is 4. The third-order valence-corrected chi connectivity index (χ3v) is 5.94. The molecule has 0 unspecified atom stereocenters. The van der Waals surface area contributed by atoms with E-state index >= 15 is 0 Å². The van der Waals surface area contributed by atoms with Crippen molar-refractivity contribution in [3.63, 3.8) is 0 Å². The number of amides is 1. The molecule has 2 atom stereocenters. The number of nitrogens with zero attached hydrogens (tertiary/aromatic N) is 1. The fourth-order valence-electron chi connectivity index (χ4n) is 3.99. The zero-order chi connectivity index (χ0) is 22.8. The number of phenolic OH excluding ortho intramolecular Hbond substituents is 1. The van der Waals surface area contributed by atoms with Crippen LogP contribution in [0.2, 0.25) is 0 Å². The van der Waals surface area contributed by atoms with E-state index in [0.29, 0.717) is 30.1 Å². The van der Waals surface area contributed by atoms with Crippen molar-refractivity contribution in [3.8, 4) is 11.5 Å². The van der Waals surface area contributed by atoms with Crippen LogP contribution in [0.25, 0.3) is 0 Å². The standard InChI is InChI=1S/C27H36N2O3/c1-3-5-6-7-11-17-32-21-15-16-22(26(30)18-21)25(12-4-2)28-29-27(31)24-19-23(24)20-13-9-8-10-14-20/h8-10,13-16,18,23-24,30H,3-7,11-12,17,19H2,1-2H3,(H,29,31)/b28-25-/t23-,24-/m1/s1. The Hall–Kier alpha value is -2.82. The predicted octanol–water partition coefficient (Wildman–Crippen LogP) is 6.17. The van der Waals surface area contributed by atoms with Gasteiger partial charge < -0.3 is 9.84 Å². The Bertz CT molecular complexity index is 895. The maximum Gasteiger partial charge on any atom is 0.243 e. The highest BCUT2D eigenvalue weighted by Gasteiger charge is 2.43. The Kier molecular flexibility index (Phi) is 9.14. The van der Waals surface area contributed by atoms with Gasteiger partial charge in [0.1, 0.15) is 11.5 Å². The average molecular weight is 437 g/mol. The highest BCUT2D eigenvalue weighted by atomic mass is 16.5. The van der Waals surface area contributed by atoms with E-state index in [1.807, 2.05) is 30.3 Å². The summed E-state index contributed by atoms with van der Waals surface area (Å²) in [6, 6.07) is 15.4. The maximum absolute atomic E-state index is 12.6. The van der Waals surface area contributed by atoms with Gasteiger partial charge in [-0.2, -0.15) is 5.10 Å². The summed E-state index contributed by atoms with van der Waals surface area (Å²) >= 11 is 0. The minimum absolute atomic E-state index is 0.0364. The van der Waals surface area contributed by atoms with E-state index in [1.165, 1.54) is 24.8 Å². The SMILES string of the molecule is CCCCCCCOc1ccc(/C(CCC)=N\NC(=O)[C@@H]2C[C@@H]2c2ccccc2)c(O)c1. The lowest BCUT2D eigenvalue weighted by atomic mass is 10.0. The first-order valence-corrected chi connectivity index (χ1v) is 12.0. The molecular weight excluding hydrogens is 400 g/mol. The van der Waals surface area contributed by atoms with E-state index < -0.39 is 0 Å². The first-order valence-electron chi connectivity index (χ1n) is 12.0. The van der Waals surface area contributed by atoms with Gasteiger partial charge in [-0.15, -0.1) is 0 Å². The summed E-state index contributed by atoms with van der Waals surface area (Å²) in [5.74, 6) is 0.961. The second kappa shape index (κ2) is 12.3. The Labute approximate surface area is 191 Å². The summed E-state index contributed by atoms with van der Waals surface area (Å²) in [7, 11) is 0. The zero-order valence-corrected chi connectivity index (χ0v) is 19.3. The van der Waals surface area contributed by atoms with Gasteiger partial charge in [-0.05, 0) is 42.9 Å². The molecule has 5 nitrogen and oxygen atoms in total. The van der Waals surface area contributed by atoms with Gasteiger partial charge in [0.25, 0.3) is 0 Å². The molecule has 32 heavy (non-hydrogen) atoms. The lowest BCUT2D eigenvalue weighted by Crippen LogP contribution is -2.22. The molecule has 2 aromatic rings. The van der Waals surface area contributed by atoms with Gasteiger partial charge in [-0.1, -0.05) is 76.3 Å². The fourth-order valence-corrected chi connectivity index (χ4v) is 3.99. The van der Waals surface area contributed by atoms with Crippen molar-refractivity contribution in [2.45, 2.75) is 71.1 Å². The molecule has 0 aliphatic heterocycles. The number of hydrogen-bond acceptors (Lipinski definition) is 4. The van der Waals surface area contributed by atoms with Gasteiger partial charge in [-0.3, -0.25) is 4.79 Å². The monoisotopic (exact) mass is 436 g/mol. The van der Waals surface area contributed by atoms with Crippen molar-refractivity contribution < 1.29 is 14.6 Å². The van der Waals surface area contributed by atoms with Crippen LogP contribution in [0.1, 0.15) is 82.3 Å². The molecule has 2 N–H and O–H groups in total. The number of hydrazone groups is 1. The van der Waals surface area contributed by atoms with Gasteiger partial charge in [-0.25, -0.2) is 5.43 Å². The number of benzene rings is 2. The molecule has 2 aromatic carbocycles. The molecule has 0 bridgehead atoms. The van der Waals surface area contributed by atoms with Crippen LogP contribution in [0.4, 0.5) is 0 Å². The van der Waals surface area contributed by atoms with Gasteiger partial charge in [0, 0.05) is 17.5 Å². The summed E-state index contributed by atoms with van der Waals surface area (Å²) < 4.78 is 5.78. The third kappa shape index (κ3) is 6.84. The van der Waals surface area contributed by atoms with Gasteiger partial charge in [0.2, 0.25) is 5.91 Å². The molecule has 1 aliphatic carbocycles. The van der Waals surface area contributed by atoms with Crippen LogP contribution >= 0.6 is 0 Å². The quantitative estimate of drug-likeness (QED) is 0.224. The van der Waals surface area contributed by atoms with Crippen LogP contribution in [0, 0.1) is 5.92 Å². The Balaban J connectivity index is 1.56.